The summed E-state index contributed by atoms with van der Waals surface area (Å²) in [6, 6.07) is 7.28. The molecule has 2 fully saturated rings. The number of para-hydroxylation sites is 1. The van der Waals surface area contributed by atoms with Gasteiger partial charge in [-0.1, -0.05) is 23.7 Å². The van der Waals surface area contributed by atoms with E-state index in [1.165, 1.54) is 6.42 Å². The van der Waals surface area contributed by atoms with Gasteiger partial charge in [-0.2, -0.15) is 0 Å². The van der Waals surface area contributed by atoms with Gasteiger partial charge in [-0.25, -0.2) is 0 Å². The monoisotopic (exact) mass is 363 g/mol. The lowest BCUT2D eigenvalue weighted by Gasteiger charge is -2.47. The standard InChI is InChI=1S/C19H26ClN3O2/c1-22-13-19(10-7-18(22)25)9-4-11-23(14-19)12-8-17(24)21-16-6-3-2-5-15(16)20/h2-3,5-6H,4,7-14H2,1H3,(H,21,24)/t19-/m1/s1. The van der Waals surface area contributed by atoms with E-state index in [-0.39, 0.29) is 17.2 Å². The summed E-state index contributed by atoms with van der Waals surface area (Å²) in [7, 11) is 1.90. The summed E-state index contributed by atoms with van der Waals surface area (Å²) in [5.74, 6) is 0.241. The fourth-order valence-corrected chi connectivity index (χ4v) is 4.29. The maximum absolute atomic E-state index is 12.2. The molecule has 2 heterocycles. The van der Waals surface area contributed by atoms with Gasteiger partial charge in [0.1, 0.15) is 0 Å². The molecule has 5 nitrogen and oxygen atoms in total. The molecule has 25 heavy (non-hydrogen) atoms. The van der Waals surface area contributed by atoms with E-state index in [2.05, 4.69) is 10.2 Å². The Morgan fingerprint density at radius 1 is 1.28 bits per heavy atom. The van der Waals surface area contributed by atoms with Crippen LogP contribution < -0.4 is 5.32 Å². The number of amides is 2. The average molecular weight is 364 g/mol. The summed E-state index contributed by atoms with van der Waals surface area (Å²) in [4.78, 5) is 28.2. The number of piperidine rings is 2. The van der Waals surface area contributed by atoms with Crippen LogP contribution in [0.15, 0.2) is 24.3 Å². The number of anilines is 1. The van der Waals surface area contributed by atoms with Crippen LogP contribution in [0.2, 0.25) is 5.02 Å². The topological polar surface area (TPSA) is 52.6 Å². The van der Waals surface area contributed by atoms with Crippen LogP contribution in [-0.4, -0.2) is 54.8 Å². The first-order valence-corrected chi connectivity index (χ1v) is 9.36. The molecule has 0 radical (unpaired) electrons. The average Bonchev–Trinajstić information content (AvgIpc) is 2.59. The van der Waals surface area contributed by atoms with E-state index in [9.17, 15) is 9.59 Å². The first kappa shape index (κ1) is 18.2. The van der Waals surface area contributed by atoms with Crippen LogP contribution >= 0.6 is 11.6 Å². The van der Waals surface area contributed by atoms with E-state index in [4.69, 9.17) is 11.6 Å². The SMILES string of the molecule is CN1C[C@@]2(CCCN(CCC(=O)Nc3ccccc3Cl)C2)CCC1=O. The summed E-state index contributed by atoms with van der Waals surface area (Å²) in [5.41, 5.74) is 0.872. The lowest BCUT2D eigenvalue weighted by atomic mass is 9.73. The molecule has 6 heteroatoms. The molecule has 2 aliphatic heterocycles. The second-order valence-corrected chi connectivity index (χ2v) is 7.81. The highest BCUT2D eigenvalue weighted by molar-refractivity contribution is 6.33. The fourth-order valence-electron chi connectivity index (χ4n) is 4.10. The molecule has 1 atom stereocenters. The number of nitrogens with one attached hydrogen (secondary N) is 1. The largest absolute Gasteiger partial charge is 0.345 e. The zero-order valence-corrected chi connectivity index (χ0v) is 15.5. The van der Waals surface area contributed by atoms with Crippen molar-refractivity contribution in [2.45, 2.75) is 32.1 Å². The third-order valence-corrected chi connectivity index (χ3v) is 5.74. The van der Waals surface area contributed by atoms with Gasteiger partial charge in [0.2, 0.25) is 11.8 Å². The van der Waals surface area contributed by atoms with E-state index in [0.717, 1.165) is 39.0 Å². The third-order valence-electron chi connectivity index (χ3n) is 5.41. The molecule has 1 spiro atoms. The Morgan fingerprint density at radius 3 is 2.84 bits per heavy atom. The number of carbonyl (C=O) groups excluding carboxylic acids is 2. The second kappa shape index (κ2) is 7.75. The molecule has 2 amide bonds. The van der Waals surface area contributed by atoms with E-state index in [1.54, 1.807) is 6.07 Å². The Labute approximate surface area is 154 Å². The predicted octanol–water partition coefficient (Wildman–Crippen LogP) is 3.00. The highest BCUT2D eigenvalue weighted by atomic mass is 35.5. The molecule has 0 saturated carbocycles. The van der Waals surface area contributed by atoms with Gasteiger partial charge < -0.3 is 15.1 Å². The molecule has 3 rings (SSSR count). The van der Waals surface area contributed by atoms with Gasteiger partial charge in [0.05, 0.1) is 10.7 Å². The van der Waals surface area contributed by atoms with Gasteiger partial charge in [-0.15, -0.1) is 0 Å². The van der Waals surface area contributed by atoms with Crippen molar-refractivity contribution in [3.05, 3.63) is 29.3 Å². The van der Waals surface area contributed by atoms with Crippen LogP contribution in [0.3, 0.4) is 0 Å². The highest BCUT2D eigenvalue weighted by Crippen LogP contribution is 2.38. The van der Waals surface area contributed by atoms with Crippen LogP contribution in [0.4, 0.5) is 5.69 Å². The van der Waals surface area contributed by atoms with Crippen molar-refractivity contribution in [3.63, 3.8) is 0 Å². The molecule has 0 aliphatic carbocycles. The van der Waals surface area contributed by atoms with Crippen LogP contribution in [0.5, 0.6) is 0 Å². The van der Waals surface area contributed by atoms with Crippen molar-refractivity contribution in [1.29, 1.82) is 0 Å². The first-order chi connectivity index (χ1) is 12.0. The lowest BCUT2D eigenvalue weighted by molar-refractivity contribution is -0.137. The molecular formula is C19H26ClN3O2. The van der Waals surface area contributed by atoms with E-state index < -0.39 is 0 Å². The number of likely N-dealkylation sites (tertiary alicyclic amines) is 2. The van der Waals surface area contributed by atoms with Crippen LogP contribution in [0.1, 0.15) is 32.1 Å². The minimum atomic E-state index is -0.0105. The smallest absolute Gasteiger partial charge is 0.225 e. The van der Waals surface area contributed by atoms with Crippen molar-refractivity contribution in [3.8, 4) is 0 Å². The summed E-state index contributed by atoms with van der Waals surface area (Å²) in [6.07, 6.45) is 4.38. The summed E-state index contributed by atoms with van der Waals surface area (Å²) in [5, 5.41) is 3.44. The number of benzene rings is 1. The molecule has 0 unspecified atom stereocenters. The minimum absolute atomic E-state index is 0.0105. The molecule has 0 aromatic heterocycles. The summed E-state index contributed by atoms with van der Waals surface area (Å²) < 4.78 is 0. The third kappa shape index (κ3) is 4.53. The van der Waals surface area contributed by atoms with Gasteiger partial charge in [0.25, 0.3) is 0 Å². The summed E-state index contributed by atoms with van der Waals surface area (Å²) in [6.45, 7) is 3.59. The zero-order valence-electron chi connectivity index (χ0n) is 14.8. The highest BCUT2D eigenvalue weighted by Gasteiger charge is 2.40. The number of nitrogens with zero attached hydrogens (tertiary/aromatic N) is 2. The van der Waals surface area contributed by atoms with Gasteiger partial charge in [-0.3, -0.25) is 9.59 Å². The van der Waals surface area contributed by atoms with Crippen molar-refractivity contribution in [2.24, 2.45) is 5.41 Å². The lowest BCUT2D eigenvalue weighted by Crippen LogP contribution is -2.53. The minimum Gasteiger partial charge on any atom is -0.345 e. The normalized spacial score (nSPS) is 24.6. The van der Waals surface area contributed by atoms with Crippen LogP contribution in [0.25, 0.3) is 0 Å². The number of hydrogen-bond acceptors (Lipinski definition) is 3. The first-order valence-electron chi connectivity index (χ1n) is 8.98. The van der Waals surface area contributed by atoms with E-state index >= 15 is 0 Å². The Balaban J connectivity index is 1.50. The number of carbonyl (C=O) groups is 2. The van der Waals surface area contributed by atoms with Gasteiger partial charge in [0.15, 0.2) is 0 Å². The predicted molar refractivity (Wildman–Crippen MR) is 99.7 cm³/mol. The Hall–Kier alpha value is -1.59. The van der Waals surface area contributed by atoms with Crippen molar-refractivity contribution < 1.29 is 9.59 Å². The number of hydrogen-bond donors (Lipinski definition) is 1. The second-order valence-electron chi connectivity index (χ2n) is 7.41. The molecule has 1 N–H and O–H groups in total. The maximum atomic E-state index is 12.2. The molecule has 1 aromatic rings. The Bertz CT molecular complexity index is 651. The van der Waals surface area contributed by atoms with Crippen LogP contribution in [-0.2, 0) is 9.59 Å². The molecule has 2 saturated heterocycles. The fraction of sp³-hybridized carbons (Fsp3) is 0.579. The van der Waals surface area contributed by atoms with E-state index in [1.807, 2.05) is 30.1 Å². The number of halogens is 1. The molecule has 1 aromatic carbocycles. The maximum Gasteiger partial charge on any atom is 0.225 e. The number of rotatable bonds is 4. The zero-order chi connectivity index (χ0) is 17.9. The van der Waals surface area contributed by atoms with Gasteiger partial charge in [-0.05, 0) is 37.9 Å². The molecule has 0 bridgehead atoms. The Morgan fingerprint density at radius 2 is 2.08 bits per heavy atom. The van der Waals surface area contributed by atoms with Crippen molar-refractivity contribution in [1.82, 2.24) is 9.80 Å². The molecule has 136 valence electrons. The van der Waals surface area contributed by atoms with Gasteiger partial charge >= 0.3 is 0 Å². The van der Waals surface area contributed by atoms with E-state index in [0.29, 0.717) is 23.6 Å². The van der Waals surface area contributed by atoms with Crippen molar-refractivity contribution >= 4 is 29.1 Å². The molecule has 2 aliphatic rings. The Kier molecular flexibility index (Phi) is 5.64. The quantitative estimate of drug-likeness (QED) is 0.894. The summed E-state index contributed by atoms with van der Waals surface area (Å²) >= 11 is 6.08. The molecular weight excluding hydrogens is 338 g/mol. The van der Waals surface area contributed by atoms with Gasteiger partial charge in [0, 0.05) is 44.9 Å². The van der Waals surface area contributed by atoms with Crippen molar-refractivity contribution in [2.75, 3.05) is 38.5 Å². The van der Waals surface area contributed by atoms with Crippen LogP contribution in [0, 0.1) is 5.41 Å².